The molecule has 21 heavy (non-hydrogen) atoms. The zero-order valence-corrected chi connectivity index (χ0v) is 12.2. The maximum absolute atomic E-state index is 13.1. The summed E-state index contributed by atoms with van der Waals surface area (Å²) in [6, 6.07) is 6.56. The molecule has 3 nitrogen and oxygen atoms in total. The summed E-state index contributed by atoms with van der Waals surface area (Å²) in [6.07, 6.45) is 2.47. The van der Waals surface area contributed by atoms with E-state index in [2.05, 4.69) is 16.7 Å². The van der Waals surface area contributed by atoms with Gasteiger partial charge in [-0.05, 0) is 30.5 Å². The second-order valence-electron chi connectivity index (χ2n) is 5.10. The first-order chi connectivity index (χ1) is 10.3. The van der Waals surface area contributed by atoms with Gasteiger partial charge >= 0.3 is 0 Å². The summed E-state index contributed by atoms with van der Waals surface area (Å²) in [5.41, 5.74) is 1.02. The van der Waals surface area contributed by atoms with E-state index in [0.717, 1.165) is 37.9 Å². The highest BCUT2D eigenvalue weighted by Crippen LogP contribution is 2.21. The Morgan fingerprint density at radius 2 is 1.90 bits per heavy atom. The zero-order chi connectivity index (χ0) is 14.9. The van der Waals surface area contributed by atoms with E-state index in [0.29, 0.717) is 13.2 Å². The van der Waals surface area contributed by atoms with Crippen molar-refractivity contribution in [1.29, 1.82) is 0 Å². The van der Waals surface area contributed by atoms with Gasteiger partial charge < -0.3 is 9.84 Å². The van der Waals surface area contributed by atoms with E-state index in [9.17, 15) is 4.39 Å². The Labute approximate surface area is 125 Å². The average molecular weight is 291 g/mol. The van der Waals surface area contributed by atoms with Gasteiger partial charge in [0.1, 0.15) is 5.82 Å². The maximum Gasteiger partial charge on any atom is 0.123 e. The maximum atomic E-state index is 13.1. The number of morpholine rings is 1. The molecular formula is C17H22FNO2. The number of unbranched alkanes of at least 4 members (excludes halogenated alkanes) is 2. The molecule has 1 aliphatic rings. The van der Waals surface area contributed by atoms with Crippen LogP contribution in [-0.4, -0.2) is 42.9 Å². The quantitative estimate of drug-likeness (QED) is 0.668. The second-order valence-corrected chi connectivity index (χ2v) is 5.10. The zero-order valence-electron chi connectivity index (χ0n) is 12.2. The molecule has 1 heterocycles. The third kappa shape index (κ3) is 5.13. The molecule has 1 aliphatic heterocycles. The van der Waals surface area contributed by atoms with E-state index >= 15 is 0 Å². The Balaban J connectivity index is 2.07. The lowest BCUT2D eigenvalue weighted by Gasteiger charge is -2.31. The first-order valence-corrected chi connectivity index (χ1v) is 7.48. The number of aliphatic hydroxyl groups is 1. The Bertz CT molecular complexity index is 472. The summed E-state index contributed by atoms with van der Waals surface area (Å²) in [4.78, 5) is 2.27. The summed E-state index contributed by atoms with van der Waals surface area (Å²) >= 11 is 0. The van der Waals surface area contributed by atoms with Crippen molar-refractivity contribution in [3.8, 4) is 11.8 Å². The van der Waals surface area contributed by atoms with Gasteiger partial charge in [-0.25, -0.2) is 4.39 Å². The molecule has 1 aromatic carbocycles. The largest absolute Gasteiger partial charge is 0.396 e. The molecule has 1 fully saturated rings. The van der Waals surface area contributed by atoms with Crippen molar-refractivity contribution in [2.45, 2.75) is 25.3 Å². The van der Waals surface area contributed by atoms with E-state index in [-0.39, 0.29) is 18.5 Å². The van der Waals surface area contributed by atoms with Gasteiger partial charge in [-0.1, -0.05) is 18.1 Å². The highest BCUT2D eigenvalue weighted by atomic mass is 19.1. The highest BCUT2D eigenvalue weighted by molar-refractivity contribution is 5.28. The molecule has 0 spiro atoms. The van der Waals surface area contributed by atoms with Gasteiger partial charge in [-0.15, -0.1) is 5.92 Å². The molecule has 1 N–H and O–H groups in total. The summed E-state index contributed by atoms with van der Waals surface area (Å²) in [7, 11) is 0. The van der Waals surface area contributed by atoms with Crippen LogP contribution < -0.4 is 0 Å². The molecule has 0 bridgehead atoms. The van der Waals surface area contributed by atoms with E-state index in [1.54, 1.807) is 12.1 Å². The Morgan fingerprint density at radius 3 is 2.57 bits per heavy atom. The lowest BCUT2D eigenvalue weighted by molar-refractivity contribution is 0.0269. The Kier molecular flexibility index (Phi) is 6.68. The van der Waals surface area contributed by atoms with Gasteiger partial charge in [0.05, 0.1) is 19.3 Å². The van der Waals surface area contributed by atoms with Crippen LogP contribution in [0, 0.1) is 17.7 Å². The summed E-state index contributed by atoms with van der Waals surface area (Å²) < 4.78 is 18.5. The van der Waals surface area contributed by atoms with Gasteiger partial charge in [0.2, 0.25) is 0 Å². The van der Waals surface area contributed by atoms with Crippen LogP contribution in [-0.2, 0) is 4.74 Å². The SMILES string of the molecule is OCCCCC#CC(c1ccc(F)cc1)N1CCOCC1. The van der Waals surface area contributed by atoms with E-state index in [4.69, 9.17) is 9.84 Å². The van der Waals surface area contributed by atoms with Crippen molar-refractivity contribution in [2.75, 3.05) is 32.9 Å². The van der Waals surface area contributed by atoms with Gasteiger partial charge in [0, 0.05) is 26.1 Å². The number of benzene rings is 1. The van der Waals surface area contributed by atoms with Crippen LogP contribution in [0.15, 0.2) is 24.3 Å². The minimum atomic E-state index is -0.226. The standard InChI is InChI=1S/C17H22FNO2/c18-16-8-6-15(7-9-16)17(5-3-1-2-4-12-20)19-10-13-21-14-11-19/h6-9,17,20H,1-2,4,10-14H2. The minimum Gasteiger partial charge on any atom is -0.396 e. The Hall–Kier alpha value is -1.41. The topological polar surface area (TPSA) is 32.7 Å². The molecule has 0 amide bonds. The summed E-state index contributed by atoms with van der Waals surface area (Å²) in [5.74, 6) is 6.27. The monoisotopic (exact) mass is 291 g/mol. The minimum absolute atomic E-state index is 0.0105. The molecule has 0 saturated carbocycles. The molecule has 0 aliphatic carbocycles. The van der Waals surface area contributed by atoms with Crippen molar-refractivity contribution >= 4 is 0 Å². The number of nitrogens with zero attached hydrogens (tertiary/aromatic N) is 1. The van der Waals surface area contributed by atoms with E-state index in [1.807, 2.05) is 0 Å². The number of rotatable bonds is 5. The second kappa shape index (κ2) is 8.78. The molecule has 114 valence electrons. The molecule has 1 unspecified atom stereocenters. The predicted octanol–water partition coefficient (Wildman–Crippen LogP) is 2.37. The fourth-order valence-electron chi connectivity index (χ4n) is 2.36. The molecule has 1 saturated heterocycles. The molecular weight excluding hydrogens is 269 g/mol. The van der Waals surface area contributed by atoms with Crippen molar-refractivity contribution in [3.63, 3.8) is 0 Å². The van der Waals surface area contributed by atoms with Gasteiger partial charge in [-0.2, -0.15) is 0 Å². The smallest absolute Gasteiger partial charge is 0.123 e. The van der Waals surface area contributed by atoms with Gasteiger partial charge in [0.15, 0.2) is 0 Å². The highest BCUT2D eigenvalue weighted by Gasteiger charge is 2.20. The van der Waals surface area contributed by atoms with Crippen LogP contribution in [0.3, 0.4) is 0 Å². The third-order valence-electron chi connectivity index (χ3n) is 3.55. The normalized spacial score (nSPS) is 17.0. The van der Waals surface area contributed by atoms with Crippen molar-refractivity contribution in [3.05, 3.63) is 35.6 Å². The molecule has 1 aromatic rings. The number of ether oxygens (including phenoxy) is 1. The number of hydrogen-bond donors (Lipinski definition) is 1. The van der Waals surface area contributed by atoms with Crippen LogP contribution >= 0.6 is 0 Å². The van der Waals surface area contributed by atoms with Crippen LogP contribution in [0.4, 0.5) is 4.39 Å². The van der Waals surface area contributed by atoms with Crippen LogP contribution in [0.1, 0.15) is 30.9 Å². The van der Waals surface area contributed by atoms with Crippen molar-refractivity contribution < 1.29 is 14.2 Å². The van der Waals surface area contributed by atoms with E-state index < -0.39 is 0 Å². The van der Waals surface area contributed by atoms with Crippen molar-refractivity contribution in [2.24, 2.45) is 0 Å². The van der Waals surface area contributed by atoms with Gasteiger partial charge in [0.25, 0.3) is 0 Å². The number of aliphatic hydroxyl groups excluding tert-OH is 1. The fourth-order valence-corrected chi connectivity index (χ4v) is 2.36. The predicted molar refractivity (Wildman–Crippen MR) is 80.2 cm³/mol. The Morgan fingerprint density at radius 1 is 1.19 bits per heavy atom. The van der Waals surface area contributed by atoms with E-state index in [1.165, 1.54) is 12.1 Å². The summed E-state index contributed by atoms with van der Waals surface area (Å²) in [5, 5.41) is 8.78. The number of halogens is 1. The first kappa shape index (κ1) is 16.0. The van der Waals surface area contributed by atoms with Crippen LogP contribution in [0.25, 0.3) is 0 Å². The summed E-state index contributed by atoms with van der Waals surface area (Å²) in [6.45, 7) is 3.32. The molecule has 2 rings (SSSR count). The molecule has 4 heteroatoms. The molecule has 0 aromatic heterocycles. The lowest BCUT2D eigenvalue weighted by Crippen LogP contribution is -2.38. The van der Waals surface area contributed by atoms with Crippen LogP contribution in [0.2, 0.25) is 0 Å². The van der Waals surface area contributed by atoms with Gasteiger partial charge in [-0.3, -0.25) is 4.90 Å². The molecule has 0 radical (unpaired) electrons. The first-order valence-electron chi connectivity index (χ1n) is 7.48. The third-order valence-corrected chi connectivity index (χ3v) is 3.55. The lowest BCUT2D eigenvalue weighted by atomic mass is 10.0. The van der Waals surface area contributed by atoms with Crippen LogP contribution in [0.5, 0.6) is 0 Å². The fraction of sp³-hybridized carbons (Fsp3) is 0.529. The van der Waals surface area contributed by atoms with Crippen molar-refractivity contribution in [1.82, 2.24) is 4.90 Å². The number of hydrogen-bond acceptors (Lipinski definition) is 3. The molecule has 1 atom stereocenters. The average Bonchev–Trinajstić information content (AvgIpc) is 2.53.